The molecule has 2 N–H and O–H groups in total. The Hall–Kier alpha value is -3.06. The van der Waals surface area contributed by atoms with Gasteiger partial charge in [0.25, 0.3) is 5.91 Å². The van der Waals surface area contributed by atoms with Gasteiger partial charge in [-0.15, -0.1) is 0 Å². The summed E-state index contributed by atoms with van der Waals surface area (Å²) in [4.78, 5) is 26.5. The predicted octanol–water partition coefficient (Wildman–Crippen LogP) is 2.87. The normalized spacial score (nSPS) is 14.9. The summed E-state index contributed by atoms with van der Waals surface area (Å²) in [5, 5.41) is 5.20. The van der Waals surface area contributed by atoms with E-state index in [9.17, 15) is 9.59 Å². The highest BCUT2D eigenvalue weighted by atomic mass is 35.5. The van der Waals surface area contributed by atoms with E-state index in [4.69, 9.17) is 22.4 Å². The zero-order valence-corrected chi connectivity index (χ0v) is 16.8. The summed E-state index contributed by atoms with van der Waals surface area (Å²) in [6.45, 7) is 0.971. The molecule has 4 rings (SSSR count). The van der Waals surface area contributed by atoms with E-state index in [-0.39, 0.29) is 17.7 Å². The van der Waals surface area contributed by atoms with Gasteiger partial charge in [0.15, 0.2) is 0 Å². The molecule has 7 nitrogen and oxygen atoms in total. The summed E-state index contributed by atoms with van der Waals surface area (Å²) in [7, 11) is 1.93. The van der Waals surface area contributed by atoms with E-state index in [1.165, 1.54) is 0 Å². The van der Waals surface area contributed by atoms with Crippen LogP contribution in [-0.4, -0.2) is 44.2 Å². The van der Waals surface area contributed by atoms with Crippen molar-refractivity contribution in [3.8, 4) is 17.1 Å². The number of nitrogens with two attached hydrogens (primary N) is 1. The minimum Gasteiger partial charge on any atom is -0.369 e. The number of primary amides is 1. The van der Waals surface area contributed by atoms with Crippen molar-refractivity contribution in [1.29, 1.82) is 0 Å². The smallest absolute Gasteiger partial charge is 0.272 e. The number of carbonyl (C=O) groups is 2. The summed E-state index contributed by atoms with van der Waals surface area (Å²) in [5.74, 6) is -0.614. The molecule has 0 radical (unpaired) electrons. The van der Waals surface area contributed by atoms with Crippen LogP contribution in [0.25, 0.3) is 17.1 Å². The monoisotopic (exact) mass is 411 g/mol. The maximum Gasteiger partial charge on any atom is 0.272 e. The van der Waals surface area contributed by atoms with Gasteiger partial charge in [0.1, 0.15) is 11.4 Å². The molecule has 1 fully saturated rings. The largest absolute Gasteiger partial charge is 0.369 e. The van der Waals surface area contributed by atoms with Crippen LogP contribution in [0.3, 0.4) is 0 Å². The number of carbonyl (C=O) groups excluding carboxylic acids is 2. The number of rotatable bonds is 4. The lowest BCUT2D eigenvalue weighted by atomic mass is 9.96. The third kappa shape index (κ3) is 3.65. The molecular weight excluding hydrogens is 390 g/mol. The fourth-order valence-electron chi connectivity index (χ4n) is 3.72. The second kappa shape index (κ2) is 7.75. The van der Waals surface area contributed by atoms with Gasteiger partial charge in [-0.2, -0.15) is 5.10 Å². The zero-order valence-electron chi connectivity index (χ0n) is 16.1. The SMILES string of the molecule is Cn1cccc1-c1cc(C(=O)N2CCC(C(N)=O)CC2)n(-c2ccccc2Cl)n1. The van der Waals surface area contributed by atoms with E-state index in [1.54, 1.807) is 21.7 Å². The third-order valence-electron chi connectivity index (χ3n) is 5.40. The number of hydrogen-bond acceptors (Lipinski definition) is 3. The maximum absolute atomic E-state index is 13.3. The lowest BCUT2D eigenvalue weighted by molar-refractivity contribution is -0.123. The number of para-hydroxylation sites is 1. The van der Waals surface area contributed by atoms with Gasteiger partial charge in [0, 0.05) is 32.3 Å². The summed E-state index contributed by atoms with van der Waals surface area (Å²) in [6, 6.07) is 13.0. The Morgan fingerprint density at radius 1 is 1.14 bits per heavy atom. The Kier molecular flexibility index (Phi) is 5.15. The topological polar surface area (TPSA) is 86.2 Å². The molecule has 3 aromatic rings. The maximum atomic E-state index is 13.3. The standard InChI is InChI=1S/C21H22ClN5O2/c1-25-10-4-7-18(25)16-13-19(27(24-16)17-6-3-2-5-15(17)22)21(29)26-11-8-14(9-12-26)20(23)28/h2-7,10,13-14H,8-9,11-12H2,1H3,(H2,23,28). The van der Waals surface area contributed by atoms with Crippen LogP contribution < -0.4 is 5.73 Å². The molecule has 0 unspecified atom stereocenters. The van der Waals surface area contributed by atoms with Gasteiger partial charge in [0.05, 0.1) is 16.4 Å². The molecule has 150 valence electrons. The molecule has 2 aromatic heterocycles. The van der Waals surface area contributed by atoms with Gasteiger partial charge < -0.3 is 15.2 Å². The van der Waals surface area contributed by atoms with Crippen LogP contribution >= 0.6 is 11.6 Å². The lowest BCUT2D eigenvalue weighted by Gasteiger charge is -2.30. The van der Waals surface area contributed by atoms with Gasteiger partial charge in [-0.25, -0.2) is 4.68 Å². The molecule has 0 atom stereocenters. The summed E-state index contributed by atoms with van der Waals surface area (Å²) < 4.78 is 3.55. The van der Waals surface area contributed by atoms with Crippen molar-refractivity contribution in [2.75, 3.05) is 13.1 Å². The van der Waals surface area contributed by atoms with Crippen molar-refractivity contribution in [2.45, 2.75) is 12.8 Å². The molecule has 0 saturated carbocycles. The van der Waals surface area contributed by atoms with Gasteiger partial charge in [-0.1, -0.05) is 23.7 Å². The zero-order chi connectivity index (χ0) is 20.5. The Morgan fingerprint density at radius 2 is 1.86 bits per heavy atom. The summed E-state index contributed by atoms with van der Waals surface area (Å²) in [5.41, 5.74) is 8.08. The quantitative estimate of drug-likeness (QED) is 0.716. The van der Waals surface area contributed by atoms with Crippen LogP contribution in [0.15, 0.2) is 48.7 Å². The van der Waals surface area contributed by atoms with Crippen molar-refractivity contribution in [2.24, 2.45) is 18.7 Å². The second-order valence-corrected chi connectivity index (χ2v) is 7.66. The number of halogens is 1. The lowest BCUT2D eigenvalue weighted by Crippen LogP contribution is -2.42. The van der Waals surface area contributed by atoms with Crippen LogP contribution in [0.4, 0.5) is 0 Å². The fourth-order valence-corrected chi connectivity index (χ4v) is 3.94. The fraction of sp³-hybridized carbons (Fsp3) is 0.286. The second-order valence-electron chi connectivity index (χ2n) is 7.25. The number of benzene rings is 1. The first-order valence-electron chi connectivity index (χ1n) is 9.51. The van der Waals surface area contributed by atoms with E-state index in [0.717, 1.165) is 5.69 Å². The van der Waals surface area contributed by atoms with Crippen LogP contribution in [0, 0.1) is 5.92 Å². The molecule has 3 heterocycles. The van der Waals surface area contributed by atoms with Gasteiger partial charge in [-0.05, 0) is 43.2 Å². The van der Waals surface area contributed by atoms with Crippen LogP contribution in [0.5, 0.6) is 0 Å². The van der Waals surface area contributed by atoms with E-state index in [1.807, 2.05) is 48.1 Å². The third-order valence-corrected chi connectivity index (χ3v) is 5.72. The predicted molar refractivity (Wildman–Crippen MR) is 111 cm³/mol. The first-order chi connectivity index (χ1) is 14.0. The van der Waals surface area contributed by atoms with Crippen molar-refractivity contribution in [3.63, 3.8) is 0 Å². The van der Waals surface area contributed by atoms with Gasteiger partial charge >= 0.3 is 0 Å². The average Bonchev–Trinajstić information content (AvgIpc) is 3.34. The first-order valence-corrected chi connectivity index (χ1v) is 9.88. The average molecular weight is 412 g/mol. The summed E-state index contributed by atoms with van der Waals surface area (Å²) >= 11 is 6.40. The van der Waals surface area contributed by atoms with Gasteiger partial charge in [-0.3, -0.25) is 9.59 Å². The number of likely N-dealkylation sites (tertiary alicyclic amines) is 1. The van der Waals surface area contributed by atoms with E-state index in [2.05, 4.69) is 0 Å². The number of hydrogen-bond donors (Lipinski definition) is 1. The first kappa shape index (κ1) is 19.3. The molecule has 2 amide bonds. The number of piperidine rings is 1. The van der Waals surface area contributed by atoms with Crippen molar-refractivity contribution in [1.82, 2.24) is 19.2 Å². The Bertz CT molecular complexity index is 1060. The Labute approximate surface area is 173 Å². The number of aryl methyl sites for hydroxylation is 1. The molecule has 29 heavy (non-hydrogen) atoms. The van der Waals surface area contributed by atoms with Crippen LogP contribution in [0.1, 0.15) is 23.3 Å². The van der Waals surface area contributed by atoms with E-state index < -0.39 is 0 Å². The van der Waals surface area contributed by atoms with Crippen molar-refractivity contribution < 1.29 is 9.59 Å². The van der Waals surface area contributed by atoms with E-state index in [0.29, 0.717) is 48.0 Å². The Balaban J connectivity index is 1.73. The molecule has 1 aliphatic rings. The highest BCUT2D eigenvalue weighted by Crippen LogP contribution is 2.27. The van der Waals surface area contributed by atoms with Crippen molar-refractivity contribution >= 4 is 23.4 Å². The molecule has 0 bridgehead atoms. The number of amides is 2. The minimum absolute atomic E-state index is 0.138. The summed E-state index contributed by atoms with van der Waals surface area (Å²) in [6.07, 6.45) is 3.08. The van der Waals surface area contributed by atoms with Crippen molar-refractivity contribution in [3.05, 3.63) is 59.4 Å². The molecule has 8 heteroatoms. The number of nitrogens with zero attached hydrogens (tertiary/aromatic N) is 4. The number of aromatic nitrogens is 3. The molecule has 1 aromatic carbocycles. The highest BCUT2D eigenvalue weighted by molar-refractivity contribution is 6.32. The molecule has 0 spiro atoms. The molecule has 1 saturated heterocycles. The molecule has 1 aliphatic heterocycles. The Morgan fingerprint density at radius 3 is 2.48 bits per heavy atom. The van der Waals surface area contributed by atoms with Crippen LogP contribution in [0.2, 0.25) is 5.02 Å². The highest BCUT2D eigenvalue weighted by Gasteiger charge is 2.29. The molecule has 0 aliphatic carbocycles. The van der Waals surface area contributed by atoms with Gasteiger partial charge in [0.2, 0.25) is 5.91 Å². The molecular formula is C21H22ClN5O2. The van der Waals surface area contributed by atoms with Crippen LogP contribution in [-0.2, 0) is 11.8 Å². The minimum atomic E-state index is -0.302. The van der Waals surface area contributed by atoms with E-state index >= 15 is 0 Å².